The van der Waals surface area contributed by atoms with E-state index in [0.717, 1.165) is 16.6 Å². The SMILES string of the molecule is COC(=O)CCC(O)Cn1c(C(C)(C)C)cc2cc(NC(=O)C3(c4ccc5c(c4)OC(F)(F)O5)CC3)ccc21.[HH].[HH]. The molecule has 2 aliphatic rings. The highest BCUT2D eigenvalue weighted by molar-refractivity contribution is 6.02. The summed E-state index contributed by atoms with van der Waals surface area (Å²) in [5.74, 6) is -0.723. The van der Waals surface area contributed by atoms with Crippen molar-refractivity contribution in [1.82, 2.24) is 4.57 Å². The average Bonchev–Trinajstić information content (AvgIpc) is 3.51. The lowest BCUT2D eigenvalue weighted by atomic mass is 9.92. The smallest absolute Gasteiger partial charge is 0.469 e. The van der Waals surface area contributed by atoms with Gasteiger partial charge in [0.05, 0.1) is 18.6 Å². The molecule has 2 heterocycles. The van der Waals surface area contributed by atoms with Crippen LogP contribution in [-0.4, -0.2) is 41.1 Å². The fourth-order valence-electron chi connectivity index (χ4n) is 5.12. The van der Waals surface area contributed by atoms with E-state index in [2.05, 4.69) is 40.3 Å². The molecule has 0 radical (unpaired) electrons. The van der Waals surface area contributed by atoms with Crippen molar-refractivity contribution in [3.63, 3.8) is 0 Å². The zero-order chi connectivity index (χ0) is 28.2. The first-order chi connectivity index (χ1) is 18.3. The third-order valence-corrected chi connectivity index (χ3v) is 7.37. The number of carbonyl (C=O) groups is 2. The number of rotatable bonds is 8. The van der Waals surface area contributed by atoms with Crippen LogP contribution in [-0.2, 0) is 31.7 Å². The van der Waals surface area contributed by atoms with Crippen molar-refractivity contribution in [2.75, 3.05) is 12.4 Å². The molecule has 1 aliphatic heterocycles. The van der Waals surface area contributed by atoms with Gasteiger partial charge in [0.2, 0.25) is 5.91 Å². The Morgan fingerprint density at radius 2 is 1.85 bits per heavy atom. The number of fused-ring (bicyclic) bond motifs is 2. The van der Waals surface area contributed by atoms with E-state index in [9.17, 15) is 23.5 Å². The number of ether oxygens (including phenoxy) is 3. The molecule has 1 atom stereocenters. The number of anilines is 1. The van der Waals surface area contributed by atoms with E-state index in [-0.39, 0.29) is 44.5 Å². The van der Waals surface area contributed by atoms with E-state index in [1.807, 2.05) is 22.8 Å². The van der Waals surface area contributed by atoms with Crippen LogP contribution in [0.25, 0.3) is 10.9 Å². The number of nitrogens with zero attached hydrogens (tertiary/aromatic N) is 1. The molecule has 1 saturated carbocycles. The summed E-state index contributed by atoms with van der Waals surface area (Å²) in [4.78, 5) is 24.9. The van der Waals surface area contributed by atoms with E-state index in [1.165, 1.54) is 19.2 Å². The van der Waals surface area contributed by atoms with Crippen molar-refractivity contribution in [2.24, 2.45) is 0 Å². The van der Waals surface area contributed by atoms with E-state index in [4.69, 9.17) is 0 Å². The van der Waals surface area contributed by atoms with Crippen LogP contribution in [0, 0.1) is 0 Å². The Kier molecular flexibility index (Phi) is 6.57. The Morgan fingerprint density at radius 3 is 2.51 bits per heavy atom. The molecule has 1 unspecified atom stereocenters. The molecule has 1 aliphatic carbocycles. The molecule has 8 nitrogen and oxygen atoms in total. The Morgan fingerprint density at radius 1 is 1.13 bits per heavy atom. The van der Waals surface area contributed by atoms with Gasteiger partial charge in [0.1, 0.15) is 0 Å². The summed E-state index contributed by atoms with van der Waals surface area (Å²) in [5, 5.41) is 14.5. The summed E-state index contributed by atoms with van der Waals surface area (Å²) < 4.78 is 42.7. The Hall–Kier alpha value is -3.66. The number of carbonyl (C=O) groups excluding carboxylic acids is 2. The molecule has 0 saturated heterocycles. The third kappa shape index (κ3) is 5.30. The third-order valence-electron chi connectivity index (χ3n) is 7.37. The molecule has 212 valence electrons. The molecule has 5 rings (SSSR count). The summed E-state index contributed by atoms with van der Waals surface area (Å²) in [5.41, 5.74) is 2.07. The summed E-state index contributed by atoms with van der Waals surface area (Å²) >= 11 is 0. The van der Waals surface area contributed by atoms with Crippen LogP contribution in [0.5, 0.6) is 11.5 Å². The molecular formula is C29H36F2N2O6. The van der Waals surface area contributed by atoms with Crippen LogP contribution in [0.2, 0.25) is 0 Å². The van der Waals surface area contributed by atoms with Gasteiger partial charge in [-0.1, -0.05) is 26.8 Å². The first-order valence-electron chi connectivity index (χ1n) is 12.9. The Labute approximate surface area is 227 Å². The minimum Gasteiger partial charge on any atom is -0.469 e. The average molecular weight is 547 g/mol. The maximum atomic E-state index is 13.5. The van der Waals surface area contributed by atoms with Crippen molar-refractivity contribution in [1.29, 1.82) is 0 Å². The predicted octanol–water partition coefficient (Wildman–Crippen LogP) is 5.74. The van der Waals surface area contributed by atoms with Crippen molar-refractivity contribution in [3.8, 4) is 11.5 Å². The van der Waals surface area contributed by atoms with Crippen molar-refractivity contribution < 1.29 is 40.5 Å². The van der Waals surface area contributed by atoms with Gasteiger partial charge in [0, 0.05) is 43.5 Å². The first kappa shape index (κ1) is 26.9. The maximum absolute atomic E-state index is 13.5. The minimum atomic E-state index is -3.71. The quantitative estimate of drug-likeness (QED) is 0.350. The van der Waals surface area contributed by atoms with E-state index < -0.39 is 17.8 Å². The number of benzene rings is 2. The highest BCUT2D eigenvalue weighted by atomic mass is 19.3. The Bertz CT molecular complexity index is 1450. The van der Waals surface area contributed by atoms with Crippen LogP contribution >= 0.6 is 0 Å². The van der Waals surface area contributed by atoms with Gasteiger partial charge in [0.15, 0.2) is 11.5 Å². The van der Waals surface area contributed by atoms with Gasteiger partial charge in [-0.05, 0) is 61.2 Å². The molecule has 2 N–H and O–H groups in total. The lowest BCUT2D eigenvalue weighted by Gasteiger charge is -2.23. The molecule has 1 amide bonds. The highest BCUT2D eigenvalue weighted by Gasteiger charge is 2.52. The van der Waals surface area contributed by atoms with Gasteiger partial charge < -0.3 is 29.2 Å². The van der Waals surface area contributed by atoms with E-state index >= 15 is 0 Å². The second-order valence-corrected chi connectivity index (χ2v) is 11.3. The van der Waals surface area contributed by atoms with E-state index in [0.29, 0.717) is 30.6 Å². The molecule has 10 heteroatoms. The molecular weight excluding hydrogens is 510 g/mol. The lowest BCUT2D eigenvalue weighted by Crippen LogP contribution is -2.28. The number of halogens is 2. The Balaban J connectivity index is 0.00000231. The normalized spacial score (nSPS) is 17.6. The topological polar surface area (TPSA) is 99.0 Å². The molecule has 0 spiro atoms. The summed E-state index contributed by atoms with van der Waals surface area (Å²) in [7, 11) is 1.32. The molecule has 3 aromatic rings. The van der Waals surface area contributed by atoms with Gasteiger partial charge in [-0.2, -0.15) is 0 Å². The molecule has 2 aromatic carbocycles. The van der Waals surface area contributed by atoms with Crippen LogP contribution in [0.1, 0.15) is 60.6 Å². The fraction of sp³-hybridized carbons (Fsp3) is 0.448. The standard InChI is InChI=1S/C29H32F2N2O6.2H2/c1-27(2,3)24-14-17-13-19(6-8-21(17)33(24)16-20(34)7-10-25(35)37-4)32-26(36)28(11-12-28)18-5-9-22-23(15-18)39-29(30,31)38-22;;/h5-6,8-9,13-15,20,34H,7,10-12,16H2,1-4H3,(H,32,36);2*1H. The number of esters is 1. The number of methoxy groups -OCH3 is 1. The number of aromatic nitrogens is 1. The number of aliphatic hydroxyl groups excluding tert-OH is 1. The van der Waals surface area contributed by atoms with Crippen LogP contribution in [0.15, 0.2) is 42.5 Å². The summed E-state index contributed by atoms with van der Waals surface area (Å²) in [6.07, 6.45) is -2.86. The van der Waals surface area contributed by atoms with Crippen LogP contribution < -0.4 is 14.8 Å². The van der Waals surface area contributed by atoms with Gasteiger partial charge in [0.25, 0.3) is 0 Å². The number of alkyl halides is 2. The van der Waals surface area contributed by atoms with Gasteiger partial charge >= 0.3 is 12.3 Å². The van der Waals surface area contributed by atoms with Gasteiger partial charge in [-0.25, -0.2) is 0 Å². The van der Waals surface area contributed by atoms with E-state index in [1.54, 1.807) is 12.1 Å². The highest BCUT2D eigenvalue weighted by Crippen LogP contribution is 2.52. The van der Waals surface area contributed by atoms with Crippen molar-refractivity contribution in [2.45, 2.75) is 76.2 Å². The minimum absolute atomic E-state index is 0. The van der Waals surface area contributed by atoms with Gasteiger partial charge in [-0.15, -0.1) is 8.78 Å². The molecule has 0 bridgehead atoms. The second kappa shape index (κ2) is 9.51. The van der Waals surface area contributed by atoms with Crippen molar-refractivity contribution >= 4 is 28.5 Å². The van der Waals surface area contributed by atoms with Crippen molar-refractivity contribution in [3.05, 3.63) is 53.7 Å². The zero-order valence-electron chi connectivity index (χ0n) is 22.3. The molecule has 39 heavy (non-hydrogen) atoms. The predicted molar refractivity (Wildman–Crippen MR) is 144 cm³/mol. The number of nitrogens with one attached hydrogen (secondary N) is 1. The first-order valence-corrected chi connectivity index (χ1v) is 12.9. The second-order valence-electron chi connectivity index (χ2n) is 11.3. The number of hydrogen-bond acceptors (Lipinski definition) is 6. The monoisotopic (exact) mass is 546 g/mol. The van der Waals surface area contributed by atoms with Gasteiger partial charge in [-0.3, -0.25) is 9.59 Å². The summed E-state index contributed by atoms with van der Waals surface area (Å²) in [6.45, 7) is 6.56. The fourth-order valence-corrected chi connectivity index (χ4v) is 5.12. The zero-order valence-corrected chi connectivity index (χ0v) is 22.3. The molecule has 1 aromatic heterocycles. The summed E-state index contributed by atoms with van der Waals surface area (Å²) in [6, 6.07) is 12.1. The number of hydrogen-bond donors (Lipinski definition) is 2. The lowest BCUT2D eigenvalue weighted by molar-refractivity contribution is -0.286. The van der Waals surface area contributed by atoms with Crippen LogP contribution in [0.4, 0.5) is 14.5 Å². The number of amides is 1. The maximum Gasteiger partial charge on any atom is 0.586 e. The number of aliphatic hydroxyl groups is 1. The largest absolute Gasteiger partial charge is 0.586 e. The molecule has 1 fully saturated rings. The van der Waals surface area contributed by atoms with Crippen LogP contribution in [0.3, 0.4) is 0 Å².